The molecule has 74 valence electrons. The Hall–Kier alpha value is 0.670. The van der Waals surface area contributed by atoms with E-state index in [2.05, 4.69) is 13.5 Å². The van der Waals surface area contributed by atoms with E-state index >= 15 is 0 Å². The largest absolute Gasteiger partial charge is 0.126 e. The number of hydrogen-bond donors (Lipinski definition) is 0. The molecule has 1 aliphatic heterocycles. The van der Waals surface area contributed by atoms with Gasteiger partial charge in [0.05, 0.1) is 0 Å². The second-order valence-electron chi connectivity index (χ2n) is 4.09. The third-order valence-electron chi connectivity index (χ3n) is 3.22. The monoisotopic (exact) mass is 236 g/mol. The number of hydrogen-bond acceptors (Lipinski definition) is 1. The van der Waals surface area contributed by atoms with Gasteiger partial charge in [0.25, 0.3) is 0 Å². The number of alkyl halides is 2. The molecule has 0 amide bonds. The summed E-state index contributed by atoms with van der Waals surface area (Å²) in [5.41, 5.74) is 0. The van der Waals surface area contributed by atoms with Crippen LogP contribution in [-0.2, 0) is 0 Å². The Morgan fingerprint density at radius 3 is 2.77 bits per heavy atom. The number of fused-ring (bicyclic) bond motifs is 1. The van der Waals surface area contributed by atoms with Crippen LogP contribution in [0.2, 0.25) is 0 Å². The van der Waals surface area contributed by atoms with Crippen LogP contribution in [-0.4, -0.2) is 16.0 Å². The average Bonchev–Trinajstić information content (AvgIpc) is 2.32. The quantitative estimate of drug-likeness (QED) is 0.576. The predicted octanol–water partition coefficient (Wildman–Crippen LogP) is 3.88. The summed E-state index contributed by atoms with van der Waals surface area (Å²) in [6.45, 7) is 6.33. The lowest BCUT2D eigenvalue weighted by Gasteiger charge is -2.33. The highest BCUT2D eigenvalue weighted by molar-refractivity contribution is 8.04. The van der Waals surface area contributed by atoms with Crippen LogP contribution in [0, 0.1) is 11.8 Å². The van der Waals surface area contributed by atoms with Crippen molar-refractivity contribution in [3.8, 4) is 0 Å². The first-order valence-corrected chi connectivity index (χ1v) is 6.48. The summed E-state index contributed by atoms with van der Waals surface area (Å²) in [4.78, 5) is 1.30. The Labute approximate surface area is 94.1 Å². The number of halogens is 2. The molecule has 0 bridgehead atoms. The van der Waals surface area contributed by atoms with Gasteiger partial charge in [0, 0.05) is 16.0 Å². The molecular weight excluding hydrogens is 223 g/mol. The van der Waals surface area contributed by atoms with Gasteiger partial charge >= 0.3 is 0 Å². The first-order valence-electron chi connectivity index (χ1n) is 4.73. The minimum absolute atomic E-state index is 0.243. The van der Waals surface area contributed by atoms with Crippen molar-refractivity contribution in [1.82, 2.24) is 0 Å². The molecule has 1 saturated carbocycles. The van der Waals surface area contributed by atoms with Gasteiger partial charge in [-0.15, -0.1) is 35.0 Å². The summed E-state index contributed by atoms with van der Waals surface area (Å²) < 4.78 is 0. The third-order valence-corrected chi connectivity index (χ3v) is 5.81. The highest BCUT2D eigenvalue weighted by atomic mass is 35.5. The molecule has 2 aliphatic rings. The van der Waals surface area contributed by atoms with Gasteiger partial charge in [0.1, 0.15) is 0 Å². The van der Waals surface area contributed by atoms with Gasteiger partial charge in [0.15, 0.2) is 0 Å². The predicted molar refractivity (Wildman–Crippen MR) is 61.7 cm³/mol. The van der Waals surface area contributed by atoms with E-state index in [0.717, 1.165) is 12.8 Å². The van der Waals surface area contributed by atoms with E-state index in [1.54, 1.807) is 0 Å². The number of rotatable bonds is 0. The van der Waals surface area contributed by atoms with Gasteiger partial charge < -0.3 is 0 Å². The van der Waals surface area contributed by atoms with Crippen LogP contribution in [0.5, 0.6) is 0 Å². The van der Waals surface area contributed by atoms with E-state index < -0.39 is 0 Å². The van der Waals surface area contributed by atoms with Gasteiger partial charge in [0.2, 0.25) is 0 Å². The van der Waals surface area contributed by atoms with Gasteiger partial charge in [-0.25, -0.2) is 0 Å². The normalized spacial score (nSPS) is 50.7. The molecule has 0 spiro atoms. The highest BCUT2D eigenvalue weighted by Crippen LogP contribution is 2.53. The fraction of sp³-hybridized carbons (Fsp3) is 0.800. The fourth-order valence-electron chi connectivity index (χ4n) is 2.34. The first kappa shape index (κ1) is 10.2. The molecule has 5 unspecified atom stereocenters. The van der Waals surface area contributed by atoms with E-state index in [4.69, 9.17) is 23.2 Å². The van der Waals surface area contributed by atoms with Crippen LogP contribution in [0.3, 0.4) is 0 Å². The van der Waals surface area contributed by atoms with Crippen LogP contribution in [0.25, 0.3) is 0 Å². The lowest BCUT2D eigenvalue weighted by atomic mass is 9.80. The van der Waals surface area contributed by atoms with Crippen molar-refractivity contribution in [3.63, 3.8) is 0 Å². The van der Waals surface area contributed by atoms with Crippen molar-refractivity contribution in [2.24, 2.45) is 11.8 Å². The SMILES string of the molecule is C=C1SC2C(Cl)CC(Cl)CC2C1C. The van der Waals surface area contributed by atoms with E-state index in [9.17, 15) is 0 Å². The lowest BCUT2D eigenvalue weighted by molar-refractivity contribution is 0.330. The van der Waals surface area contributed by atoms with E-state index in [1.807, 2.05) is 11.8 Å². The van der Waals surface area contributed by atoms with Crippen LogP contribution >= 0.6 is 35.0 Å². The molecule has 0 radical (unpaired) electrons. The van der Waals surface area contributed by atoms with Gasteiger partial charge in [-0.2, -0.15) is 0 Å². The second kappa shape index (κ2) is 3.67. The van der Waals surface area contributed by atoms with Crippen LogP contribution in [0.4, 0.5) is 0 Å². The standard InChI is InChI=1S/C10H14Cl2S/c1-5-6(2)13-10-8(5)3-7(11)4-9(10)12/h5,7-10H,2-4H2,1H3. The molecule has 0 aromatic rings. The number of allylic oxidation sites excluding steroid dienone is 1. The maximum absolute atomic E-state index is 6.30. The zero-order chi connectivity index (χ0) is 9.59. The molecule has 13 heavy (non-hydrogen) atoms. The molecule has 1 saturated heterocycles. The molecule has 1 heterocycles. The summed E-state index contributed by atoms with van der Waals surface area (Å²) in [5, 5.41) is 1.09. The molecule has 0 N–H and O–H groups in total. The topological polar surface area (TPSA) is 0 Å². The zero-order valence-corrected chi connectivity index (χ0v) is 10.0. The smallest absolute Gasteiger partial charge is 0.0475 e. The maximum atomic E-state index is 6.30. The van der Waals surface area contributed by atoms with Crippen LogP contribution in [0.1, 0.15) is 19.8 Å². The molecule has 2 rings (SSSR count). The summed E-state index contributed by atoms with van der Waals surface area (Å²) in [7, 11) is 0. The van der Waals surface area contributed by atoms with E-state index in [0.29, 0.717) is 17.1 Å². The Morgan fingerprint density at radius 2 is 2.08 bits per heavy atom. The Balaban J connectivity index is 2.17. The molecule has 1 aliphatic carbocycles. The fourth-order valence-corrected chi connectivity index (χ4v) is 4.91. The summed E-state index contributed by atoms with van der Waals surface area (Å²) in [6, 6.07) is 0. The lowest BCUT2D eigenvalue weighted by Crippen LogP contribution is -2.35. The second-order valence-corrected chi connectivity index (χ2v) is 6.57. The molecule has 2 fully saturated rings. The van der Waals surface area contributed by atoms with Crippen molar-refractivity contribution in [2.45, 2.75) is 35.8 Å². The summed E-state index contributed by atoms with van der Waals surface area (Å²) in [6.07, 6.45) is 2.07. The molecule has 0 aromatic heterocycles. The molecule has 3 heteroatoms. The molecular formula is C10H14Cl2S. The van der Waals surface area contributed by atoms with Gasteiger partial charge in [-0.1, -0.05) is 13.5 Å². The van der Waals surface area contributed by atoms with Crippen molar-refractivity contribution in [1.29, 1.82) is 0 Å². The highest BCUT2D eigenvalue weighted by Gasteiger charge is 2.45. The van der Waals surface area contributed by atoms with Crippen molar-refractivity contribution >= 4 is 35.0 Å². The zero-order valence-electron chi connectivity index (χ0n) is 7.67. The Bertz CT molecular complexity index is 229. The van der Waals surface area contributed by atoms with Crippen molar-refractivity contribution in [3.05, 3.63) is 11.5 Å². The van der Waals surface area contributed by atoms with Crippen molar-refractivity contribution < 1.29 is 0 Å². The van der Waals surface area contributed by atoms with Crippen LogP contribution < -0.4 is 0 Å². The number of thioether (sulfide) groups is 1. The Kier molecular flexibility index (Phi) is 2.88. The Morgan fingerprint density at radius 1 is 1.38 bits per heavy atom. The minimum atomic E-state index is 0.243. The average molecular weight is 237 g/mol. The van der Waals surface area contributed by atoms with Gasteiger partial charge in [-0.05, 0) is 29.6 Å². The van der Waals surface area contributed by atoms with Gasteiger partial charge in [-0.3, -0.25) is 0 Å². The molecule has 0 nitrogen and oxygen atoms in total. The van der Waals surface area contributed by atoms with Crippen LogP contribution in [0.15, 0.2) is 11.5 Å². The van der Waals surface area contributed by atoms with Crippen molar-refractivity contribution in [2.75, 3.05) is 0 Å². The summed E-state index contributed by atoms with van der Waals surface area (Å²) in [5.74, 6) is 1.26. The third kappa shape index (κ3) is 1.75. The van der Waals surface area contributed by atoms with E-state index in [1.165, 1.54) is 4.91 Å². The molecule has 0 aromatic carbocycles. The van der Waals surface area contributed by atoms with E-state index in [-0.39, 0.29) is 10.8 Å². The maximum Gasteiger partial charge on any atom is 0.0475 e. The minimum Gasteiger partial charge on any atom is -0.126 e. The first-order chi connectivity index (χ1) is 6.09. The summed E-state index contributed by atoms with van der Waals surface area (Å²) >= 11 is 14.3. The molecule has 5 atom stereocenters.